The highest BCUT2D eigenvalue weighted by molar-refractivity contribution is 8.18. The number of rotatable bonds is 4. The Balaban J connectivity index is 1.55. The topological polar surface area (TPSA) is 95.2 Å². The van der Waals surface area contributed by atoms with Crippen LogP contribution < -0.4 is 9.47 Å². The minimum Gasteiger partial charge on any atom is -0.493 e. The van der Waals surface area contributed by atoms with Gasteiger partial charge in [0, 0.05) is 20.1 Å². The molecule has 1 fully saturated rings. The van der Waals surface area contributed by atoms with Gasteiger partial charge in [-0.2, -0.15) is 23.4 Å². The smallest absolute Gasteiger partial charge is 0.420 e. The molecule has 0 aromatic heterocycles. The lowest BCUT2D eigenvalue weighted by Gasteiger charge is -2.32. The first-order valence-electron chi connectivity index (χ1n) is 10.6. The Hall–Kier alpha value is -3.98. The molecule has 0 bridgehead atoms. The zero-order valence-corrected chi connectivity index (χ0v) is 19.9. The van der Waals surface area contributed by atoms with Crippen molar-refractivity contribution in [2.45, 2.75) is 6.18 Å². The SMILES string of the molecule is COc1cc(/C=C2\SC(N3CCN(C)C(=O)C3)=NC2=O)ccc1Oc1ccc(C#N)cc1C(F)(F)F. The average Bonchev–Trinajstić information content (AvgIpc) is 3.21. The molecular formula is C24H19F3N4O4S. The number of benzene rings is 2. The lowest BCUT2D eigenvalue weighted by Crippen LogP contribution is -2.49. The van der Waals surface area contributed by atoms with E-state index < -0.39 is 23.4 Å². The largest absolute Gasteiger partial charge is 0.493 e. The zero-order valence-electron chi connectivity index (χ0n) is 19.1. The monoisotopic (exact) mass is 516 g/mol. The molecule has 2 amide bonds. The summed E-state index contributed by atoms with van der Waals surface area (Å²) in [6, 6.07) is 9.20. The summed E-state index contributed by atoms with van der Waals surface area (Å²) in [5.41, 5.74) is -0.698. The highest BCUT2D eigenvalue weighted by Gasteiger charge is 2.35. The van der Waals surface area contributed by atoms with Gasteiger partial charge < -0.3 is 19.3 Å². The van der Waals surface area contributed by atoms with Gasteiger partial charge in [-0.25, -0.2) is 0 Å². The van der Waals surface area contributed by atoms with E-state index in [1.807, 2.05) is 0 Å². The first-order valence-corrected chi connectivity index (χ1v) is 11.4. The molecule has 2 aromatic rings. The van der Waals surface area contributed by atoms with E-state index in [1.54, 1.807) is 35.1 Å². The Bertz CT molecular complexity index is 1330. The number of hydrogen-bond acceptors (Lipinski definition) is 7. The summed E-state index contributed by atoms with van der Waals surface area (Å²) < 4.78 is 51.3. The summed E-state index contributed by atoms with van der Waals surface area (Å²) in [6.45, 7) is 1.22. The van der Waals surface area contributed by atoms with Gasteiger partial charge in [0.25, 0.3) is 5.91 Å². The predicted molar refractivity (Wildman–Crippen MR) is 126 cm³/mol. The van der Waals surface area contributed by atoms with Crippen molar-refractivity contribution in [3.63, 3.8) is 0 Å². The van der Waals surface area contributed by atoms with Gasteiger partial charge in [-0.1, -0.05) is 6.07 Å². The van der Waals surface area contributed by atoms with Gasteiger partial charge in [0.05, 0.1) is 35.8 Å². The van der Waals surface area contributed by atoms with Crippen molar-refractivity contribution in [1.82, 2.24) is 9.80 Å². The Morgan fingerprint density at radius 3 is 2.53 bits per heavy atom. The molecule has 0 radical (unpaired) electrons. The van der Waals surface area contributed by atoms with Gasteiger partial charge >= 0.3 is 6.18 Å². The van der Waals surface area contributed by atoms with Gasteiger partial charge in [-0.3, -0.25) is 9.59 Å². The van der Waals surface area contributed by atoms with Crippen molar-refractivity contribution < 1.29 is 32.2 Å². The fourth-order valence-electron chi connectivity index (χ4n) is 3.49. The van der Waals surface area contributed by atoms with Crippen molar-refractivity contribution >= 4 is 34.8 Å². The number of piperazine rings is 1. The lowest BCUT2D eigenvalue weighted by molar-refractivity contribution is -0.138. The number of ether oxygens (including phenoxy) is 2. The van der Waals surface area contributed by atoms with Crippen LogP contribution in [0.2, 0.25) is 0 Å². The summed E-state index contributed by atoms with van der Waals surface area (Å²) in [4.78, 5) is 32.2. The summed E-state index contributed by atoms with van der Waals surface area (Å²) in [6.07, 6.45) is -3.15. The number of likely N-dealkylation sites (N-methyl/N-ethyl adjacent to an activating group) is 1. The highest BCUT2D eigenvalue weighted by Crippen LogP contribution is 2.41. The third kappa shape index (κ3) is 5.31. The van der Waals surface area contributed by atoms with E-state index in [9.17, 15) is 22.8 Å². The van der Waals surface area contributed by atoms with E-state index >= 15 is 0 Å². The number of amides is 2. The van der Waals surface area contributed by atoms with Crippen LogP contribution in [0.5, 0.6) is 17.2 Å². The maximum absolute atomic E-state index is 13.5. The lowest BCUT2D eigenvalue weighted by atomic mass is 10.1. The van der Waals surface area contributed by atoms with Gasteiger partial charge in [0.1, 0.15) is 5.75 Å². The number of hydrogen-bond donors (Lipinski definition) is 0. The Morgan fingerprint density at radius 2 is 1.86 bits per heavy atom. The highest BCUT2D eigenvalue weighted by atomic mass is 32.2. The summed E-state index contributed by atoms with van der Waals surface area (Å²) in [5, 5.41) is 9.38. The van der Waals surface area contributed by atoms with Crippen LogP contribution in [0.4, 0.5) is 13.2 Å². The van der Waals surface area contributed by atoms with Crippen LogP contribution in [0, 0.1) is 11.3 Å². The van der Waals surface area contributed by atoms with E-state index in [1.165, 1.54) is 25.3 Å². The van der Waals surface area contributed by atoms with Crippen molar-refractivity contribution in [2.24, 2.45) is 4.99 Å². The second-order valence-corrected chi connectivity index (χ2v) is 8.89. The molecule has 2 aliphatic rings. The molecule has 0 spiro atoms. The molecule has 2 heterocycles. The molecule has 1 saturated heterocycles. The third-order valence-corrected chi connectivity index (χ3v) is 6.50. The van der Waals surface area contributed by atoms with Crippen molar-refractivity contribution in [1.29, 1.82) is 5.26 Å². The molecule has 4 rings (SSSR count). The van der Waals surface area contributed by atoms with Crippen molar-refractivity contribution in [3.05, 3.63) is 58.0 Å². The summed E-state index contributed by atoms with van der Waals surface area (Å²) in [7, 11) is 3.05. The fraction of sp³-hybridized carbons (Fsp3) is 0.250. The first-order chi connectivity index (χ1) is 17.1. The van der Waals surface area contributed by atoms with E-state index in [0.29, 0.717) is 28.7 Å². The Kier molecular flexibility index (Phi) is 6.94. The number of amidine groups is 1. The van der Waals surface area contributed by atoms with Crippen LogP contribution in [0.1, 0.15) is 16.7 Å². The van der Waals surface area contributed by atoms with Crippen molar-refractivity contribution in [3.8, 4) is 23.3 Å². The average molecular weight is 517 g/mol. The molecule has 0 aliphatic carbocycles. The van der Waals surface area contributed by atoms with Gasteiger partial charge in [0.15, 0.2) is 16.7 Å². The van der Waals surface area contributed by atoms with E-state index in [2.05, 4.69) is 4.99 Å². The normalized spacial score (nSPS) is 17.3. The van der Waals surface area contributed by atoms with Crippen LogP contribution in [-0.4, -0.2) is 60.6 Å². The molecule has 2 aromatic carbocycles. The molecule has 0 saturated carbocycles. The third-order valence-electron chi connectivity index (χ3n) is 5.46. The number of thioether (sulfide) groups is 1. The second kappa shape index (κ2) is 9.94. The standard InChI is InChI=1S/C24H19F3N4O4S/c1-30-7-8-31(13-21(30)32)23-29-22(33)20(36-23)11-14-3-6-18(19(10-14)34-2)35-17-5-4-15(12-28)9-16(17)24(25,26)27/h3-6,9-11H,7-8,13H2,1-2H3/b20-11-. The van der Waals surface area contributed by atoms with Crippen LogP contribution in [0.25, 0.3) is 6.08 Å². The zero-order chi connectivity index (χ0) is 26.0. The first kappa shape index (κ1) is 25.1. The summed E-state index contributed by atoms with van der Waals surface area (Å²) in [5.74, 6) is -0.831. The predicted octanol–water partition coefficient (Wildman–Crippen LogP) is 4.12. The molecule has 12 heteroatoms. The Morgan fingerprint density at radius 1 is 1.11 bits per heavy atom. The molecule has 36 heavy (non-hydrogen) atoms. The molecule has 186 valence electrons. The number of methoxy groups -OCH3 is 1. The molecule has 8 nitrogen and oxygen atoms in total. The molecule has 0 unspecified atom stereocenters. The van der Waals surface area contributed by atoms with Crippen LogP contribution >= 0.6 is 11.8 Å². The Labute approximate surface area is 208 Å². The number of halogens is 3. The number of nitrogens with zero attached hydrogens (tertiary/aromatic N) is 4. The number of carbonyl (C=O) groups is 2. The van der Waals surface area contributed by atoms with Crippen LogP contribution in [0.15, 0.2) is 46.3 Å². The number of alkyl halides is 3. The van der Waals surface area contributed by atoms with E-state index in [-0.39, 0.29) is 29.5 Å². The number of carbonyl (C=O) groups excluding carboxylic acids is 2. The van der Waals surface area contributed by atoms with Gasteiger partial charge in [0.2, 0.25) is 5.91 Å². The summed E-state index contributed by atoms with van der Waals surface area (Å²) >= 11 is 1.15. The van der Waals surface area contributed by atoms with E-state index in [4.69, 9.17) is 14.7 Å². The molecule has 0 atom stereocenters. The minimum atomic E-state index is -4.73. The quantitative estimate of drug-likeness (QED) is 0.564. The fourth-order valence-corrected chi connectivity index (χ4v) is 4.43. The maximum atomic E-state index is 13.5. The van der Waals surface area contributed by atoms with E-state index in [0.717, 1.165) is 23.9 Å². The minimum absolute atomic E-state index is 0.0214. The maximum Gasteiger partial charge on any atom is 0.420 e. The van der Waals surface area contributed by atoms with Gasteiger partial charge in [-0.15, -0.1) is 0 Å². The van der Waals surface area contributed by atoms with Crippen molar-refractivity contribution in [2.75, 3.05) is 33.8 Å². The van der Waals surface area contributed by atoms with Crippen LogP contribution in [-0.2, 0) is 15.8 Å². The number of nitriles is 1. The molecule has 2 aliphatic heterocycles. The van der Waals surface area contributed by atoms with Crippen LogP contribution in [0.3, 0.4) is 0 Å². The van der Waals surface area contributed by atoms with Gasteiger partial charge in [-0.05, 0) is 53.7 Å². The second-order valence-electron chi connectivity index (χ2n) is 7.88. The molecule has 0 N–H and O–H groups in total. The number of aliphatic imine (C=N–C) groups is 1. The molecular weight excluding hydrogens is 497 g/mol.